The summed E-state index contributed by atoms with van der Waals surface area (Å²) in [5.41, 5.74) is -0.623. The Morgan fingerprint density at radius 3 is 2.91 bits per heavy atom. The van der Waals surface area contributed by atoms with E-state index in [0.717, 1.165) is 32.5 Å². The normalized spacial score (nSPS) is 34.1. The zero-order valence-electron chi connectivity index (χ0n) is 7.43. The van der Waals surface area contributed by atoms with Gasteiger partial charge in [0.05, 0.1) is 0 Å². The Bertz CT molecular complexity index is 125. The highest BCUT2D eigenvalue weighted by atomic mass is 16.3. The highest BCUT2D eigenvalue weighted by Crippen LogP contribution is 2.16. The third-order valence-electron chi connectivity index (χ3n) is 2.17. The first kappa shape index (κ1) is 8.97. The fourth-order valence-electron chi connectivity index (χ4n) is 1.72. The van der Waals surface area contributed by atoms with Gasteiger partial charge in [-0.05, 0) is 33.0 Å². The monoisotopic (exact) mass is 158 g/mol. The van der Waals surface area contributed by atoms with Crippen molar-refractivity contribution in [3.05, 3.63) is 0 Å². The largest absolute Gasteiger partial charge is 0.375 e. The van der Waals surface area contributed by atoms with Crippen LogP contribution >= 0.6 is 0 Å². The molecule has 1 saturated heterocycles. The minimum atomic E-state index is -0.623. The van der Waals surface area contributed by atoms with E-state index in [1.165, 1.54) is 0 Å². The second kappa shape index (κ2) is 3.52. The van der Waals surface area contributed by atoms with Crippen LogP contribution in [0.5, 0.6) is 0 Å². The average molecular weight is 158 g/mol. The van der Waals surface area contributed by atoms with Crippen LogP contribution in [0.25, 0.3) is 0 Å². The van der Waals surface area contributed by atoms with Gasteiger partial charge in [-0.15, -0.1) is 0 Å². The number of hydrogen-bond acceptors (Lipinski definition) is 3. The van der Waals surface area contributed by atoms with Gasteiger partial charge in [-0.1, -0.05) is 6.92 Å². The third kappa shape index (κ3) is 2.43. The second-order valence-corrected chi connectivity index (χ2v) is 3.40. The van der Waals surface area contributed by atoms with Crippen LogP contribution in [0.2, 0.25) is 0 Å². The fraction of sp³-hybridized carbons (Fsp3) is 1.00. The van der Waals surface area contributed by atoms with Gasteiger partial charge in [0.25, 0.3) is 0 Å². The number of β-amino-alcohol motifs (C(OH)–C–C–N with tert-alkyl or cyclic N) is 1. The van der Waals surface area contributed by atoms with Crippen molar-refractivity contribution >= 4 is 0 Å². The molecule has 66 valence electrons. The molecule has 2 N–H and O–H groups in total. The summed E-state index contributed by atoms with van der Waals surface area (Å²) >= 11 is 0. The van der Waals surface area contributed by atoms with Crippen LogP contribution in [0, 0.1) is 0 Å². The molecule has 1 aliphatic heterocycles. The number of nitrogens with one attached hydrogen (secondary N) is 1. The molecule has 1 heterocycles. The van der Waals surface area contributed by atoms with Gasteiger partial charge in [0.2, 0.25) is 0 Å². The molecule has 0 aromatic carbocycles. The summed E-state index contributed by atoms with van der Waals surface area (Å²) in [6, 6.07) is 0. The molecule has 1 aliphatic rings. The standard InChI is InChI=1S/C8H18N2O/c1-3-9-8(11)5-4-6-10(2)7-8/h9,11H,3-7H2,1-2H3. The van der Waals surface area contributed by atoms with Crippen molar-refractivity contribution < 1.29 is 5.11 Å². The van der Waals surface area contributed by atoms with E-state index in [2.05, 4.69) is 10.2 Å². The highest BCUT2D eigenvalue weighted by Gasteiger charge is 2.30. The van der Waals surface area contributed by atoms with Crippen LogP contribution < -0.4 is 5.32 Å². The van der Waals surface area contributed by atoms with Crippen LogP contribution in [-0.4, -0.2) is 42.4 Å². The maximum atomic E-state index is 9.89. The van der Waals surface area contributed by atoms with Crippen molar-refractivity contribution in [2.24, 2.45) is 0 Å². The summed E-state index contributed by atoms with van der Waals surface area (Å²) in [6.07, 6.45) is 1.96. The Morgan fingerprint density at radius 1 is 1.64 bits per heavy atom. The lowest BCUT2D eigenvalue weighted by Gasteiger charge is -2.37. The predicted octanol–water partition coefficient (Wildman–Crippen LogP) is 0.0101. The molecule has 3 nitrogen and oxygen atoms in total. The van der Waals surface area contributed by atoms with Gasteiger partial charge in [-0.25, -0.2) is 0 Å². The van der Waals surface area contributed by atoms with Crippen molar-refractivity contribution in [1.82, 2.24) is 10.2 Å². The number of nitrogens with zero attached hydrogens (tertiary/aromatic N) is 1. The molecule has 0 bridgehead atoms. The number of piperidine rings is 1. The molecule has 1 unspecified atom stereocenters. The van der Waals surface area contributed by atoms with Crippen molar-refractivity contribution in [1.29, 1.82) is 0 Å². The summed E-state index contributed by atoms with van der Waals surface area (Å²) in [5.74, 6) is 0. The number of likely N-dealkylation sites (tertiary alicyclic amines) is 1. The quantitative estimate of drug-likeness (QED) is 0.556. The molecule has 0 aliphatic carbocycles. The Morgan fingerprint density at radius 2 is 2.36 bits per heavy atom. The molecule has 1 fully saturated rings. The van der Waals surface area contributed by atoms with Crippen molar-refractivity contribution in [2.75, 3.05) is 26.7 Å². The smallest absolute Gasteiger partial charge is 0.128 e. The lowest BCUT2D eigenvalue weighted by atomic mass is 10.0. The van der Waals surface area contributed by atoms with Gasteiger partial charge in [-0.2, -0.15) is 0 Å². The Balaban J connectivity index is 2.41. The van der Waals surface area contributed by atoms with Gasteiger partial charge in [0.15, 0.2) is 0 Å². The minimum absolute atomic E-state index is 0.623. The Kier molecular flexibility index (Phi) is 2.87. The first-order valence-corrected chi connectivity index (χ1v) is 4.32. The maximum absolute atomic E-state index is 9.89. The van der Waals surface area contributed by atoms with Crippen molar-refractivity contribution in [3.63, 3.8) is 0 Å². The number of aliphatic hydroxyl groups is 1. The SMILES string of the molecule is CCNC1(O)CCCN(C)C1. The van der Waals surface area contributed by atoms with Gasteiger partial charge < -0.3 is 10.0 Å². The zero-order chi connectivity index (χ0) is 8.32. The Labute approximate surface area is 68.4 Å². The van der Waals surface area contributed by atoms with Gasteiger partial charge in [0, 0.05) is 6.54 Å². The van der Waals surface area contributed by atoms with E-state index < -0.39 is 5.72 Å². The number of likely N-dealkylation sites (N-methyl/N-ethyl adjacent to an activating group) is 2. The van der Waals surface area contributed by atoms with Crippen molar-refractivity contribution in [2.45, 2.75) is 25.5 Å². The molecular formula is C8H18N2O. The minimum Gasteiger partial charge on any atom is -0.375 e. The predicted molar refractivity (Wildman–Crippen MR) is 45.4 cm³/mol. The summed E-state index contributed by atoms with van der Waals surface area (Å²) < 4.78 is 0. The molecule has 0 spiro atoms. The molecule has 3 heteroatoms. The summed E-state index contributed by atoms with van der Waals surface area (Å²) in [5, 5.41) is 13.0. The molecule has 11 heavy (non-hydrogen) atoms. The molecule has 0 amide bonds. The van der Waals surface area contributed by atoms with Crippen LogP contribution in [-0.2, 0) is 0 Å². The molecule has 0 radical (unpaired) electrons. The molecule has 0 aromatic heterocycles. The lowest BCUT2D eigenvalue weighted by molar-refractivity contribution is -0.0491. The first-order valence-electron chi connectivity index (χ1n) is 4.32. The summed E-state index contributed by atoms with van der Waals surface area (Å²) in [4.78, 5) is 2.16. The Hall–Kier alpha value is -0.120. The number of hydrogen-bond donors (Lipinski definition) is 2. The van der Waals surface area contributed by atoms with Crippen LogP contribution in [0.1, 0.15) is 19.8 Å². The molecule has 1 atom stereocenters. The fourth-order valence-corrected chi connectivity index (χ4v) is 1.72. The van der Waals surface area contributed by atoms with Gasteiger partial charge in [0.1, 0.15) is 5.72 Å². The van der Waals surface area contributed by atoms with E-state index in [1.54, 1.807) is 0 Å². The lowest BCUT2D eigenvalue weighted by Crippen LogP contribution is -2.55. The van der Waals surface area contributed by atoms with Crippen molar-refractivity contribution in [3.8, 4) is 0 Å². The average Bonchev–Trinajstić information content (AvgIpc) is 1.86. The highest BCUT2D eigenvalue weighted by molar-refractivity contribution is 4.82. The molecule has 1 rings (SSSR count). The third-order valence-corrected chi connectivity index (χ3v) is 2.17. The maximum Gasteiger partial charge on any atom is 0.128 e. The summed E-state index contributed by atoms with van der Waals surface area (Å²) in [7, 11) is 2.04. The molecule has 0 aromatic rings. The van der Waals surface area contributed by atoms with E-state index in [0.29, 0.717) is 0 Å². The summed E-state index contributed by atoms with van der Waals surface area (Å²) in [6.45, 7) is 4.71. The van der Waals surface area contributed by atoms with E-state index >= 15 is 0 Å². The van der Waals surface area contributed by atoms with Gasteiger partial charge in [-0.3, -0.25) is 5.32 Å². The van der Waals surface area contributed by atoms with Crippen LogP contribution in [0.15, 0.2) is 0 Å². The molecule has 0 saturated carbocycles. The first-order chi connectivity index (χ1) is 5.16. The zero-order valence-corrected chi connectivity index (χ0v) is 7.43. The van der Waals surface area contributed by atoms with Crippen LogP contribution in [0.3, 0.4) is 0 Å². The van der Waals surface area contributed by atoms with Crippen LogP contribution in [0.4, 0.5) is 0 Å². The number of rotatable bonds is 2. The van der Waals surface area contributed by atoms with E-state index in [-0.39, 0.29) is 0 Å². The van der Waals surface area contributed by atoms with E-state index in [9.17, 15) is 5.11 Å². The topological polar surface area (TPSA) is 35.5 Å². The molecular weight excluding hydrogens is 140 g/mol. The van der Waals surface area contributed by atoms with E-state index in [1.807, 2.05) is 14.0 Å². The second-order valence-electron chi connectivity index (χ2n) is 3.40. The van der Waals surface area contributed by atoms with E-state index in [4.69, 9.17) is 0 Å². The van der Waals surface area contributed by atoms with Gasteiger partial charge >= 0.3 is 0 Å².